The summed E-state index contributed by atoms with van der Waals surface area (Å²) in [6, 6.07) is 14.7. The summed E-state index contributed by atoms with van der Waals surface area (Å²) in [5.74, 6) is -1.54. The largest absolute Gasteiger partial charge is 0.292 e. The molecule has 11 heteroatoms. The normalized spacial score (nSPS) is 14.7. The maximum absolute atomic E-state index is 12.6. The standard InChI is InChI=1S/C22H18N4O5S2/c27-19(23-24-20(28)16-9-5-10-17(14-16)26(30)31)12-13-25-21(29)18(33-22(25)32)11-4-8-15-6-2-1-3-7-15/h1-11,14H,12-13H2,(H,23,27)(H,24,28). The summed E-state index contributed by atoms with van der Waals surface area (Å²) in [6.07, 6.45) is 5.20. The number of allylic oxidation sites excluding steroid dienone is 2. The third-order valence-corrected chi connectivity index (χ3v) is 5.80. The van der Waals surface area contributed by atoms with Gasteiger partial charge in [0.05, 0.1) is 9.83 Å². The van der Waals surface area contributed by atoms with Crippen LogP contribution in [0.4, 0.5) is 5.69 Å². The summed E-state index contributed by atoms with van der Waals surface area (Å²) in [7, 11) is 0. The minimum Gasteiger partial charge on any atom is -0.292 e. The van der Waals surface area contributed by atoms with E-state index in [2.05, 4.69) is 10.9 Å². The van der Waals surface area contributed by atoms with Gasteiger partial charge in [0, 0.05) is 30.7 Å². The fourth-order valence-corrected chi connectivity index (χ4v) is 4.01. The first-order valence-electron chi connectivity index (χ1n) is 9.66. The highest BCUT2D eigenvalue weighted by atomic mass is 32.2. The van der Waals surface area contributed by atoms with Gasteiger partial charge in [-0.15, -0.1) is 0 Å². The lowest BCUT2D eigenvalue weighted by molar-refractivity contribution is -0.384. The molecule has 3 rings (SSSR count). The fraction of sp³-hybridized carbons (Fsp3) is 0.0909. The minimum atomic E-state index is -0.703. The van der Waals surface area contributed by atoms with Gasteiger partial charge < -0.3 is 0 Å². The first-order valence-corrected chi connectivity index (χ1v) is 10.9. The highest BCUT2D eigenvalue weighted by molar-refractivity contribution is 8.26. The Hall–Kier alpha value is -3.83. The lowest BCUT2D eigenvalue weighted by Gasteiger charge is -2.14. The van der Waals surface area contributed by atoms with E-state index in [9.17, 15) is 24.5 Å². The molecule has 0 spiro atoms. The van der Waals surface area contributed by atoms with E-state index in [1.165, 1.54) is 23.1 Å². The fourth-order valence-electron chi connectivity index (χ4n) is 2.75. The number of nitrogens with zero attached hydrogens (tertiary/aromatic N) is 2. The van der Waals surface area contributed by atoms with Crippen molar-refractivity contribution >= 4 is 57.8 Å². The number of nitro groups is 1. The molecule has 2 aromatic rings. The Balaban J connectivity index is 1.49. The average Bonchev–Trinajstić information content (AvgIpc) is 3.09. The molecule has 168 valence electrons. The summed E-state index contributed by atoms with van der Waals surface area (Å²) < 4.78 is 0.341. The number of hydrogen-bond donors (Lipinski definition) is 2. The molecule has 1 heterocycles. The van der Waals surface area contributed by atoms with Crippen LogP contribution in [0.5, 0.6) is 0 Å². The lowest BCUT2D eigenvalue weighted by atomic mass is 10.2. The summed E-state index contributed by atoms with van der Waals surface area (Å²) in [6.45, 7) is 0.0446. The molecular weight excluding hydrogens is 464 g/mol. The molecular formula is C22H18N4O5S2. The molecule has 0 unspecified atom stereocenters. The molecule has 1 saturated heterocycles. The van der Waals surface area contributed by atoms with Crippen LogP contribution in [0, 0.1) is 10.1 Å². The van der Waals surface area contributed by atoms with Crippen LogP contribution in [0.3, 0.4) is 0 Å². The molecule has 0 atom stereocenters. The zero-order chi connectivity index (χ0) is 23.8. The van der Waals surface area contributed by atoms with Crippen molar-refractivity contribution in [3.63, 3.8) is 0 Å². The molecule has 0 radical (unpaired) electrons. The van der Waals surface area contributed by atoms with E-state index in [-0.39, 0.29) is 30.1 Å². The number of benzene rings is 2. The van der Waals surface area contributed by atoms with Crippen LogP contribution in [0.25, 0.3) is 6.08 Å². The van der Waals surface area contributed by atoms with E-state index in [4.69, 9.17) is 12.2 Å². The number of thioether (sulfide) groups is 1. The number of nitro benzene ring substituents is 1. The van der Waals surface area contributed by atoms with Crippen molar-refractivity contribution in [2.45, 2.75) is 6.42 Å². The number of hydrazine groups is 1. The van der Waals surface area contributed by atoms with Gasteiger partial charge in [-0.2, -0.15) is 0 Å². The number of thiocarbonyl (C=S) groups is 1. The molecule has 9 nitrogen and oxygen atoms in total. The Morgan fingerprint density at radius 2 is 1.88 bits per heavy atom. The van der Waals surface area contributed by atoms with E-state index in [0.717, 1.165) is 23.4 Å². The number of carbonyl (C=O) groups is 3. The van der Waals surface area contributed by atoms with Gasteiger partial charge in [-0.1, -0.05) is 72.5 Å². The summed E-state index contributed by atoms with van der Waals surface area (Å²) >= 11 is 6.39. The molecule has 0 bridgehead atoms. The Morgan fingerprint density at radius 3 is 2.61 bits per heavy atom. The molecule has 0 saturated carbocycles. The van der Waals surface area contributed by atoms with Crippen molar-refractivity contribution in [3.8, 4) is 0 Å². The average molecular weight is 483 g/mol. The van der Waals surface area contributed by atoms with Crippen LogP contribution >= 0.6 is 24.0 Å². The Bertz CT molecular complexity index is 1160. The van der Waals surface area contributed by atoms with Crippen molar-refractivity contribution in [2.75, 3.05) is 6.54 Å². The van der Waals surface area contributed by atoms with Crippen molar-refractivity contribution < 1.29 is 19.3 Å². The van der Waals surface area contributed by atoms with Gasteiger partial charge in [-0.25, -0.2) is 0 Å². The molecule has 1 aliphatic heterocycles. The van der Waals surface area contributed by atoms with Crippen LogP contribution in [0.2, 0.25) is 0 Å². The topological polar surface area (TPSA) is 122 Å². The number of nitrogens with one attached hydrogen (secondary N) is 2. The minimum absolute atomic E-state index is 0.0233. The third-order valence-electron chi connectivity index (χ3n) is 4.41. The van der Waals surface area contributed by atoms with Gasteiger partial charge in [0.25, 0.3) is 17.5 Å². The van der Waals surface area contributed by atoms with Crippen LogP contribution in [0.15, 0.2) is 71.7 Å². The molecule has 0 aliphatic carbocycles. The zero-order valence-corrected chi connectivity index (χ0v) is 18.7. The highest BCUT2D eigenvalue weighted by Gasteiger charge is 2.31. The van der Waals surface area contributed by atoms with Gasteiger partial charge in [0.1, 0.15) is 4.32 Å². The molecule has 1 fully saturated rings. The predicted octanol–water partition coefficient (Wildman–Crippen LogP) is 3.20. The van der Waals surface area contributed by atoms with E-state index in [1.807, 2.05) is 36.4 Å². The molecule has 3 amide bonds. The predicted molar refractivity (Wildman–Crippen MR) is 129 cm³/mol. The molecule has 33 heavy (non-hydrogen) atoms. The first kappa shape index (κ1) is 23.8. The molecule has 0 aromatic heterocycles. The third kappa shape index (κ3) is 6.57. The quantitative estimate of drug-likeness (QED) is 0.269. The van der Waals surface area contributed by atoms with Crippen LogP contribution in [-0.2, 0) is 9.59 Å². The van der Waals surface area contributed by atoms with Gasteiger partial charge in [0.2, 0.25) is 5.91 Å². The monoisotopic (exact) mass is 482 g/mol. The number of carbonyl (C=O) groups excluding carboxylic acids is 3. The van der Waals surface area contributed by atoms with Crippen molar-refractivity contribution in [1.29, 1.82) is 0 Å². The number of amides is 3. The highest BCUT2D eigenvalue weighted by Crippen LogP contribution is 2.31. The van der Waals surface area contributed by atoms with E-state index < -0.39 is 16.7 Å². The van der Waals surface area contributed by atoms with Crippen molar-refractivity contribution in [2.24, 2.45) is 0 Å². The van der Waals surface area contributed by atoms with Crippen LogP contribution in [-0.4, -0.2) is 38.4 Å². The summed E-state index contributed by atoms with van der Waals surface area (Å²) in [4.78, 5) is 48.7. The maximum atomic E-state index is 12.6. The van der Waals surface area contributed by atoms with E-state index in [0.29, 0.717) is 9.23 Å². The Morgan fingerprint density at radius 1 is 1.12 bits per heavy atom. The lowest BCUT2D eigenvalue weighted by Crippen LogP contribution is -2.43. The second-order valence-corrected chi connectivity index (χ2v) is 8.36. The van der Waals surface area contributed by atoms with Crippen LogP contribution < -0.4 is 10.9 Å². The molecule has 1 aliphatic rings. The maximum Gasteiger partial charge on any atom is 0.270 e. The second-order valence-electron chi connectivity index (χ2n) is 6.69. The Kier molecular flexibility index (Phi) is 8.06. The van der Waals surface area contributed by atoms with Gasteiger partial charge in [-0.3, -0.25) is 40.2 Å². The van der Waals surface area contributed by atoms with E-state index >= 15 is 0 Å². The SMILES string of the molecule is O=C(CCN1C(=O)C(=CC=Cc2ccccc2)SC1=S)NNC(=O)c1cccc([N+](=O)[O-])c1. The first-order chi connectivity index (χ1) is 15.8. The van der Waals surface area contributed by atoms with E-state index in [1.54, 1.807) is 12.2 Å². The van der Waals surface area contributed by atoms with Crippen LogP contribution in [0.1, 0.15) is 22.3 Å². The number of rotatable bonds is 7. The summed E-state index contributed by atoms with van der Waals surface area (Å²) in [5.41, 5.74) is 5.19. The molecule has 2 aromatic carbocycles. The molecule has 2 N–H and O–H groups in total. The Labute approximate surface area is 198 Å². The smallest absolute Gasteiger partial charge is 0.270 e. The second kappa shape index (κ2) is 11.2. The number of hydrogen-bond acceptors (Lipinski definition) is 7. The van der Waals surface area contributed by atoms with Gasteiger partial charge in [-0.05, 0) is 17.7 Å². The van der Waals surface area contributed by atoms with Gasteiger partial charge >= 0.3 is 0 Å². The number of non-ortho nitro benzene ring substituents is 1. The summed E-state index contributed by atoms with van der Waals surface area (Å²) in [5, 5.41) is 10.8. The van der Waals surface area contributed by atoms with Crippen molar-refractivity contribution in [3.05, 3.63) is 92.9 Å². The zero-order valence-electron chi connectivity index (χ0n) is 17.1. The van der Waals surface area contributed by atoms with Gasteiger partial charge in [0.15, 0.2) is 0 Å². The van der Waals surface area contributed by atoms with Crippen molar-refractivity contribution in [1.82, 2.24) is 15.8 Å².